The summed E-state index contributed by atoms with van der Waals surface area (Å²) in [7, 11) is -3.74. The predicted octanol–water partition coefficient (Wildman–Crippen LogP) is 3.79. The first kappa shape index (κ1) is 23.3. The maximum absolute atomic E-state index is 12.9. The number of nitrogens with zero attached hydrogens (tertiary/aromatic N) is 2. The second-order valence-electron chi connectivity index (χ2n) is 9.01. The van der Waals surface area contributed by atoms with E-state index in [1.54, 1.807) is 29.2 Å². The van der Waals surface area contributed by atoms with Crippen molar-refractivity contribution in [1.29, 1.82) is 0 Å². The highest BCUT2D eigenvalue weighted by Gasteiger charge is 2.27. The number of likely N-dealkylation sites (tertiary alicyclic amines) is 1. The lowest BCUT2D eigenvalue weighted by Gasteiger charge is -2.27. The summed E-state index contributed by atoms with van der Waals surface area (Å²) in [6.45, 7) is 5.91. The molecule has 0 aromatic heterocycles. The summed E-state index contributed by atoms with van der Waals surface area (Å²) in [5.74, 6) is -0.0514. The first-order valence-electron chi connectivity index (χ1n) is 11.6. The fourth-order valence-electron chi connectivity index (χ4n) is 4.70. The van der Waals surface area contributed by atoms with E-state index in [0.717, 1.165) is 54.7 Å². The molecule has 0 radical (unpaired) electrons. The van der Waals surface area contributed by atoms with Gasteiger partial charge < -0.3 is 9.80 Å². The molecule has 0 saturated carbocycles. The third-order valence-corrected chi connectivity index (χ3v) is 7.67. The van der Waals surface area contributed by atoms with Crippen LogP contribution in [0.1, 0.15) is 48.8 Å². The van der Waals surface area contributed by atoms with Gasteiger partial charge in [-0.15, -0.1) is 0 Å². The molecule has 2 aromatic carbocycles. The molecule has 7 nitrogen and oxygen atoms in total. The molecule has 33 heavy (non-hydrogen) atoms. The van der Waals surface area contributed by atoms with Gasteiger partial charge in [-0.2, -0.15) is 0 Å². The van der Waals surface area contributed by atoms with Crippen molar-refractivity contribution >= 4 is 33.2 Å². The molecular weight excluding hydrogens is 438 g/mol. The number of amides is 2. The van der Waals surface area contributed by atoms with Gasteiger partial charge in [0, 0.05) is 43.9 Å². The van der Waals surface area contributed by atoms with Gasteiger partial charge in [-0.25, -0.2) is 8.42 Å². The molecule has 0 aliphatic carbocycles. The molecule has 2 heterocycles. The van der Waals surface area contributed by atoms with Crippen molar-refractivity contribution < 1.29 is 18.0 Å². The number of hydrogen-bond acceptors (Lipinski definition) is 4. The van der Waals surface area contributed by atoms with Crippen molar-refractivity contribution in [3.05, 3.63) is 53.1 Å². The van der Waals surface area contributed by atoms with E-state index in [-0.39, 0.29) is 29.6 Å². The van der Waals surface area contributed by atoms with Crippen LogP contribution in [0, 0.1) is 13.8 Å². The number of nitrogens with one attached hydrogen (secondary N) is 1. The molecule has 1 saturated heterocycles. The average molecular weight is 470 g/mol. The van der Waals surface area contributed by atoms with E-state index in [2.05, 4.69) is 4.72 Å². The van der Waals surface area contributed by atoms with Gasteiger partial charge in [0.1, 0.15) is 0 Å². The number of sulfonamides is 1. The largest absolute Gasteiger partial charge is 0.343 e. The SMILES string of the molecule is Cc1cc(C)cc(NS(=O)(=O)c2ccc3c(c2)CCN3C(=O)CCC(=O)N2CCCCC2)c1. The number of aryl methyl sites for hydroxylation is 2. The zero-order valence-electron chi connectivity index (χ0n) is 19.3. The van der Waals surface area contributed by atoms with Crippen molar-refractivity contribution in [3.63, 3.8) is 0 Å². The van der Waals surface area contributed by atoms with Gasteiger partial charge in [-0.3, -0.25) is 14.3 Å². The van der Waals surface area contributed by atoms with Gasteiger partial charge >= 0.3 is 0 Å². The van der Waals surface area contributed by atoms with E-state index < -0.39 is 10.0 Å². The number of anilines is 2. The summed E-state index contributed by atoms with van der Waals surface area (Å²) in [5, 5.41) is 0. The molecule has 1 fully saturated rings. The molecule has 2 amide bonds. The summed E-state index contributed by atoms with van der Waals surface area (Å²) in [6, 6.07) is 10.5. The van der Waals surface area contributed by atoms with Gasteiger partial charge in [-0.05, 0) is 86.6 Å². The fourth-order valence-corrected chi connectivity index (χ4v) is 5.79. The van der Waals surface area contributed by atoms with Crippen LogP contribution in [-0.2, 0) is 26.0 Å². The molecule has 1 N–H and O–H groups in total. The molecule has 2 aliphatic rings. The Morgan fingerprint density at radius 3 is 2.24 bits per heavy atom. The molecule has 0 unspecified atom stereocenters. The Balaban J connectivity index is 1.42. The number of hydrogen-bond donors (Lipinski definition) is 1. The number of fused-ring (bicyclic) bond motifs is 1. The standard InChI is InChI=1S/C25H31N3O4S/c1-18-14-19(2)16-21(15-18)26-33(31,32)22-6-7-23-20(17-22)10-13-28(23)25(30)9-8-24(29)27-11-4-3-5-12-27/h6-7,14-17,26H,3-5,8-13H2,1-2H3. The van der Waals surface area contributed by atoms with Crippen molar-refractivity contribution in [3.8, 4) is 0 Å². The summed E-state index contributed by atoms with van der Waals surface area (Å²) < 4.78 is 28.5. The summed E-state index contributed by atoms with van der Waals surface area (Å²) in [6.07, 6.45) is 4.20. The van der Waals surface area contributed by atoms with Crippen LogP contribution in [0.5, 0.6) is 0 Å². The zero-order valence-corrected chi connectivity index (χ0v) is 20.1. The molecule has 0 bridgehead atoms. The van der Waals surface area contributed by atoms with E-state index >= 15 is 0 Å². The number of rotatable bonds is 6. The molecule has 4 rings (SSSR count). The minimum atomic E-state index is -3.74. The van der Waals surface area contributed by atoms with Crippen LogP contribution in [0.15, 0.2) is 41.3 Å². The van der Waals surface area contributed by atoms with Gasteiger partial charge in [-0.1, -0.05) is 6.07 Å². The molecule has 176 valence electrons. The van der Waals surface area contributed by atoms with E-state index in [0.29, 0.717) is 18.7 Å². The molecule has 8 heteroatoms. The highest BCUT2D eigenvalue weighted by molar-refractivity contribution is 7.92. The predicted molar refractivity (Wildman–Crippen MR) is 129 cm³/mol. The first-order valence-corrected chi connectivity index (χ1v) is 13.0. The fraction of sp³-hybridized carbons (Fsp3) is 0.440. The van der Waals surface area contributed by atoms with Crippen molar-refractivity contribution in [1.82, 2.24) is 4.90 Å². The van der Waals surface area contributed by atoms with Gasteiger partial charge in [0.15, 0.2) is 0 Å². The average Bonchev–Trinajstić information content (AvgIpc) is 3.20. The van der Waals surface area contributed by atoms with E-state index in [1.807, 2.05) is 24.8 Å². The highest BCUT2D eigenvalue weighted by Crippen LogP contribution is 2.31. The highest BCUT2D eigenvalue weighted by atomic mass is 32.2. The second kappa shape index (κ2) is 9.55. The Morgan fingerprint density at radius 1 is 0.879 bits per heavy atom. The monoisotopic (exact) mass is 469 g/mol. The maximum Gasteiger partial charge on any atom is 0.261 e. The number of benzene rings is 2. The summed E-state index contributed by atoms with van der Waals surface area (Å²) >= 11 is 0. The quantitative estimate of drug-likeness (QED) is 0.697. The van der Waals surface area contributed by atoms with Crippen molar-refractivity contribution in [2.75, 3.05) is 29.3 Å². The number of carbonyl (C=O) groups excluding carboxylic acids is 2. The topological polar surface area (TPSA) is 86.8 Å². The lowest BCUT2D eigenvalue weighted by atomic mass is 10.1. The van der Waals surface area contributed by atoms with Gasteiger partial charge in [0.25, 0.3) is 10.0 Å². The molecule has 0 atom stereocenters. The lowest BCUT2D eigenvalue weighted by Crippen LogP contribution is -2.37. The van der Waals surface area contributed by atoms with E-state index in [4.69, 9.17) is 0 Å². The number of piperidine rings is 1. The Bertz CT molecular complexity index is 1150. The molecule has 2 aliphatic heterocycles. The van der Waals surface area contributed by atoms with Crippen LogP contribution in [-0.4, -0.2) is 44.8 Å². The Labute approximate surface area is 195 Å². The Morgan fingerprint density at radius 2 is 1.55 bits per heavy atom. The summed E-state index contributed by atoms with van der Waals surface area (Å²) in [4.78, 5) is 28.9. The number of carbonyl (C=O) groups is 2. The van der Waals surface area contributed by atoms with Crippen LogP contribution in [0.3, 0.4) is 0 Å². The molecule has 0 spiro atoms. The van der Waals surface area contributed by atoms with E-state index in [9.17, 15) is 18.0 Å². The van der Waals surface area contributed by atoms with Crippen LogP contribution in [0.4, 0.5) is 11.4 Å². The van der Waals surface area contributed by atoms with Crippen molar-refractivity contribution in [2.24, 2.45) is 0 Å². The normalized spacial score (nSPS) is 15.9. The Kier molecular flexibility index (Phi) is 6.74. The minimum Gasteiger partial charge on any atom is -0.343 e. The summed E-state index contributed by atoms with van der Waals surface area (Å²) in [5.41, 5.74) is 4.05. The van der Waals surface area contributed by atoms with Gasteiger partial charge in [0.2, 0.25) is 11.8 Å². The maximum atomic E-state index is 12.9. The zero-order chi connectivity index (χ0) is 23.6. The van der Waals surface area contributed by atoms with Crippen LogP contribution in [0.2, 0.25) is 0 Å². The first-order chi connectivity index (χ1) is 15.7. The minimum absolute atomic E-state index is 0.0429. The molecular formula is C25H31N3O4S. The van der Waals surface area contributed by atoms with Crippen LogP contribution < -0.4 is 9.62 Å². The molecule has 2 aromatic rings. The third-order valence-electron chi connectivity index (χ3n) is 6.29. The van der Waals surface area contributed by atoms with Crippen molar-refractivity contribution in [2.45, 2.75) is 57.3 Å². The Hall–Kier alpha value is -2.87. The smallest absolute Gasteiger partial charge is 0.261 e. The van der Waals surface area contributed by atoms with Crippen LogP contribution >= 0.6 is 0 Å². The second-order valence-corrected chi connectivity index (χ2v) is 10.7. The lowest BCUT2D eigenvalue weighted by molar-refractivity contribution is -0.133. The van der Waals surface area contributed by atoms with Crippen LogP contribution in [0.25, 0.3) is 0 Å². The van der Waals surface area contributed by atoms with E-state index in [1.165, 1.54) is 6.07 Å². The third kappa shape index (κ3) is 5.38. The van der Waals surface area contributed by atoms with Gasteiger partial charge in [0.05, 0.1) is 4.90 Å².